The van der Waals surface area contributed by atoms with Crippen LogP contribution in [-0.4, -0.2) is 55.7 Å². The molecule has 0 spiro atoms. The molecule has 0 aliphatic rings. The van der Waals surface area contributed by atoms with E-state index in [9.17, 15) is 18.0 Å². The summed E-state index contributed by atoms with van der Waals surface area (Å²) >= 11 is 0. The summed E-state index contributed by atoms with van der Waals surface area (Å²) in [5.74, 6) is -1.43. The van der Waals surface area contributed by atoms with Crippen LogP contribution in [0.1, 0.15) is 34.1 Å². The first-order chi connectivity index (χ1) is 9.42. The molecule has 0 aromatic rings. The molecule has 0 bridgehead atoms. The highest BCUT2D eigenvalue weighted by Gasteiger charge is 2.29. The molecular formula is C13H26N2O5S. The van der Waals surface area contributed by atoms with Crippen LogP contribution >= 0.6 is 0 Å². The van der Waals surface area contributed by atoms with Crippen LogP contribution in [0, 0.1) is 11.8 Å². The number of carboxylic acids is 1. The van der Waals surface area contributed by atoms with Gasteiger partial charge in [0, 0.05) is 6.54 Å². The third-order valence-electron chi connectivity index (χ3n) is 2.58. The molecule has 0 saturated heterocycles. The van der Waals surface area contributed by atoms with Crippen LogP contribution in [-0.2, 0) is 19.6 Å². The standard InChI is InChI=1S/C13H26N2O5S/c1-9(2)6-11(14-21(5,19)20)13(18)15(7-10(3)4)8-12(16)17/h9-11,14H,6-8H2,1-5H3,(H,16,17). The summed E-state index contributed by atoms with van der Waals surface area (Å²) < 4.78 is 25.1. The van der Waals surface area contributed by atoms with Crippen molar-refractivity contribution in [2.45, 2.75) is 40.2 Å². The third-order valence-corrected chi connectivity index (χ3v) is 3.30. The predicted octanol–water partition coefficient (Wildman–Crippen LogP) is 0.520. The average molecular weight is 322 g/mol. The highest BCUT2D eigenvalue weighted by atomic mass is 32.2. The highest BCUT2D eigenvalue weighted by Crippen LogP contribution is 2.10. The van der Waals surface area contributed by atoms with Crippen molar-refractivity contribution in [2.24, 2.45) is 11.8 Å². The van der Waals surface area contributed by atoms with Crippen LogP contribution in [0.15, 0.2) is 0 Å². The summed E-state index contributed by atoms with van der Waals surface area (Å²) in [6, 6.07) is -0.932. The second-order valence-electron chi connectivity index (χ2n) is 6.08. The fourth-order valence-electron chi connectivity index (χ4n) is 1.99. The van der Waals surface area contributed by atoms with Gasteiger partial charge in [0.05, 0.1) is 6.26 Å². The molecule has 124 valence electrons. The largest absolute Gasteiger partial charge is 0.480 e. The van der Waals surface area contributed by atoms with Gasteiger partial charge in [0.1, 0.15) is 12.6 Å². The van der Waals surface area contributed by atoms with Crippen LogP contribution < -0.4 is 4.72 Å². The second-order valence-corrected chi connectivity index (χ2v) is 7.86. The van der Waals surface area contributed by atoms with E-state index in [1.165, 1.54) is 4.90 Å². The minimum atomic E-state index is -3.55. The lowest BCUT2D eigenvalue weighted by Crippen LogP contribution is -2.51. The first-order valence-electron chi connectivity index (χ1n) is 6.90. The Bertz CT molecular complexity index is 459. The molecule has 0 aromatic carbocycles. The Balaban J connectivity index is 5.20. The molecule has 0 saturated carbocycles. The van der Waals surface area contributed by atoms with Crippen LogP contribution in [0.2, 0.25) is 0 Å². The zero-order valence-corrected chi connectivity index (χ0v) is 14.1. The minimum Gasteiger partial charge on any atom is -0.480 e. The van der Waals surface area contributed by atoms with E-state index in [2.05, 4.69) is 4.72 Å². The fraction of sp³-hybridized carbons (Fsp3) is 0.846. The van der Waals surface area contributed by atoms with E-state index in [1.807, 2.05) is 27.7 Å². The van der Waals surface area contributed by atoms with E-state index in [4.69, 9.17) is 5.11 Å². The number of rotatable bonds is 9. The Morgan fingerprint density at radius 2 is 1.67 bits per heavy atom. The van der Waals surface area contributed by atoms with Crippen LogP contribution in [0.5, 0.6) is 0 Å². The van der Waals surface area contributed by atoms with Crippen molar-refractivity contribution in [2.75, 3.05) is 19.3 Å². The van der Waals surface area contributed by atoms with Gasteiger partial charge < -0.3 is 10.0 Å². The summed E-state index contributed by atoms with van der Waals surface area (Å²) in [6.45, 7) is 7.30. The predicted molar refractivity (Wildman–Crippen MR) is 80.3 cm³/mol. The van der Waals surface area contributed by atoms with Gasteiger partial charge in [-0.1, -0.05) is 27.7 Å². The van der Waals surface area contributed by atoms with E-state index in [1.54, 1.807) is 0 Å². The second kappa shape index (κ2) is 8.33. The number of sulfonamides is 1. The fourth-order valence-corrected chi connectivity index (χ4v) is 2.70. The average Bonchev–Trinajstić information content (AvgIpc) is 2.22. The smallest absolute Gasteiger partial charge is 0.323 e. The minimum absolute atomic E-state index is 0.0891. The van der Waals surface area contributed by atoms with Gasteiger partial charge in [0.2, 0.25) is 15.9 Å². The number of nitrogens with zero attached hydrogens (tertiary/aromatic N) is 1. The van der Waals surface area contributed by atoms with Crippen molar-refractivity contribution < 1.29 is 23.1 Å². The Kier molecular flexibility index (Phi) is 7.87. The van der Waals surface area contributed by atoms with Gasteiger partial charge in [-0.3, -0.25) is 9.59 Å². The third kappa shape index (κ3) is 9.41. The van der Waals surface area contributed by atoms with Gasteiger partial charge in [-0.2, -0.15) is 0 Å². The quantitative estimate of drug-likeness (QED) is 0.644. The van der Waals surface area contributed by atoms with Crippen LogP contribution in [0.4, 0.5) is 0 Å². The number of nitrogens with one attached hydrogen (secondary N) is 1. The first-order valence-corrected chi connectivity index (χ1v) is 8.79. The number of hydrogen-bond acceptors (Lipinski definition) is 4. The van der Waals surface area contributed by atoms with Crippen molar-refractivity contribution in [1.82, 2.24) is 9.62 Å². The molecule has 0 aliphatic carbocycles. The lowest BCUT2D eigenvalue weighted by atomic mass is 10.0. The lowest BCUT2D eigenvalue weighted by Gasteiger charge is -2.28. The Morgan fingerprint density at radius 1 is 1.14 bits per heavy atom. The van der Waals surface area contributed by atoms with E-state index < -0.39 is 34.5 Å². The summed E-state index contributed by atoms with van der Waals surface area (Å²) in [5, 5.41) is 8.91. The molecule has 0 fully saturated rings. The number of hydrogen-bond donors (Lipinski definition) is 2. The maximum absolute atomic E-state index is 12.5. The van der Waals surface area contributed by atoms with Gasteiger partial charge >= 0.3 is 5.97 Å². The Morgan fingerprint density at radius 3 is 2.00 bits per heavy atom. The van der Waals surface area contributed by atoms with Gasteiger partial charge in [-0.05, 0) is 18.3 Å². The molecule has 2 N–H and O–H groups in total. The maximum atomic E-state index is 12.5. The van der Waals surface area contributed by atoms with E-state index in [-0.39, 0.29) is 18.4 Å². The van der Waals surface area contributed by atoms with Crippen molar-refractivity contribution in [1.29, 1.82) is 0 Å². The van der Waals surface area contributed by atoms with Crippen molar-refractivity contribution >= 4 is 21.9 Å². The van der Waals surface area contributed by atoms with Gasteiger partial charge in [-0.15, -0.1) is 0 Å². The van der Waals surface area contributed by atoms with Gasteiger partial charge in [-0.25, -0.2) is 13.1 Å². The van der Waals surface area contributed by atoms with Crippen LogP contribution in [0.3, 0.4) is 0 Å². The Hall–Kier alpha value is -1.15. The number of carbonyl (C=O) groups excluding carboxylic acids is 1. The normalized spacial score (nSPS) is 13.5. The molecule has 0 radical (unpaired) electrons. The van der Waals surface area contributed by atoms with Crippen molar-refractivity contribution in [3.05, 3.63) is 0 Å². The molecule has 7 nitrogen and oxygen atoms in total. The molecule has 8 heteroatoms. The van der Waals surface area contributed by atoms with Gasteiger partial charge in [0.15, 0.2) is 0 Å². The SMILES string of the molecule is CC(C)CC(NS(C)(=O)=O)C(=O)N(CC(=O)O)CC(C)C. The summed E-state index contributed by atoms with van der Waals surface area (Å²) in [4.78, 5) is 24.5. The zero-order valence-electron chi connectivity index (χ0n) is 13.3. The van der Waals surface area contributed by atoms with E-state index in [0.717, 1.165) is 6.26 Å². The zero-order chi connectivity index (χ0) is 16.8. The molecule has 1 unspecified atom stereocenters. The maximum Gasteiger partial charge on any atom is 0.323 e. The highest BCUT2D eigenvalue weighted by molar-refractivity contribution is 7.88. The molecule has 0 aromatic heterocycles. The van der Waals surface area contributed by atoms with Crippen molar-refractivity contribution in [3.8, 4) is 0 Å². The number of aliphatic carboxylic acids is 1. The molecule has 0 rings (SSSR count). The molecule has 0 heterocycles. The molecule has 21 heavy (non-hydrogen) atoms. The van der Waals surface area contributed by atoms with E-state index >= 15 is 0 Å². The molecule has 0 aliphatic heterocycles. The first kappa shape index (κ1) is 19.9. The van der Waals surface area contributed by atoms with Gasteiger partial charge in [0.25, 0.3) is 0 Å². The molecule has 1 amide bonds. The lowest BCUT2D eigenvalue weighted by molar-refractivity contribution is -0.145. The van der Waals surface area contributed by atoms with E-state index in [0.29, 0.717) is 6.42 Å². The monoisotopic (exact) mass is 322 g/mol. The van der Waals surface area contributed by atoms with Crippen molar-refractivity contribution in [3.63, 3.8) is 0 Å². The number of carboxylic acid groups (broad SMARTS) is 1. The number of amides is 1. The summed E-state index contributed by atoms with van der Waals surface area (Å²) in [6.07, 6.45) is 1.30. The summed E-state index contributed by atoms with van der Waals surface area (Å²) in [5.41, 5.74) is 0. The molecular weight excluding hydrogens is 296 g/mol. The Labute approximate surface area is 126 Å². The number of carbonyl (C=O) groups is 2. The topological polar surface area (TPSA) is 104 Å². The van der Waals surface area contributed by atoms with Crippen LogP contribution in [0.25, 0.3) is 0 Å². The summed E-state index contributed by atoms with van der Waals surface area (Å²) in [7, 11) is -3.55. The molecule has 1 atom stereocenters.